The molecule has 5 rings (SSSR count). The quantitative estimate of drug-likeness (QED) is 0.276. The van der Waals surface area contributed by atoms with Crippen LogP contribution in [0.2, 0.25) is 0 Å². The molecular formula is C27H22O7. The summed E-state index contributed by atoms with van der Waals surface area (Å²) in [5.74, 6) is 0.596. The summed E-state index contributed by atoms with van der Waals surface area (Å²) in [6, 6.07) is 19.9. The molecule has 0 saturated heterocycles. The first-order valence-electron chi connectivity index (χ1n) is 10.9. The molecule has 172 valence electrons. The Morgan fingerprint density at radius 3 is 1.82 bits per heavy atom. The fourth-order valence-electron chi connectivity index (χ4n) is 3.97. The molecule has 7 nitrogen and oxygen atoms in total. The van der Waals surface area contributed by atoms with Gasteiger partial charge in [-0.15, -0.1) is 0 Å². The molecule has 0 amide bonds. The minimum Gasteiger partial charge on any atom is -0.491 e. The van der Waals surface area contributed by atoms with Crippen LogP contribution in [-0.2, 0) is 19.1 Å². The molecule has 7 heteroatoms. The molecule has 3 aromatic rings. The molecule has 0 fully saturated rings. The minimum atomic E-state index is -0.452. The summed E-state index contributed by atoms with van der Waals surface area (Å²) in [6.07, 6.45) is 0. The predicted octanol–water partition coefficient (Wildman–Crippen LogP) is 1.96. The summed E-state index contributed by atoms with van der Waals surface area (Å²) in [5.41, 5.74) is 2.30. The van der Waals surface area contributed by atoms with Gasteiger partial charge < -0.3 is 23.7 Å². The number of benzene rings is 3. The van der Waals surface area contributed by atoms with Gasteiger partial charge in [-0.1, -0.05) is 42.5 Å². The van der Waals surface area contributed by atoms with E-state index in [9.17, 15) is 9.59 Å². The fraction of sp³-hybridized carbons (Fsp3) is 0.185. The SMILES string of the molecule is COCCOCCOc1ccc(C2=c3cc4c(cc3OC2=O)=C(c2ccccc2)C(=O)O4)cc1. The average molecular weight is 458 g/mol. The highest BCUT2D eigenvalue weighted by atomic mass is 16.6. The van der Waals surface area contributed by atoms with Crippen molar-refractivity contribution in [2.75, 3.05) is 33.5 Å². The molecule has 0 aliphatic carbocycles. The highest BCUT2D eigenvalue weighted by Crippen LogP contribution is 2.27. The van der Waals surface area contributed by atoms with Crippen LogP contribution in [0.5, 0.6) is 17.2 Å². The van der Waals surface area contributed by atoms with Crippen LogP contribution < -0.4 is 24.6 Å². The Balaban J connectivity index is 1.43. The zero-order valence-corrected chi connectivity index (χ0v) is 18.5. The molecule has 0 bridgehead atoms. The maximum Gasteiger partial charge on any atom is 0.344 e. The molecule has 2 aliphatic heterocycles. The summed E-state index contributed by atoms with van der Waals surface area (Å²) >= 11 is 0. The largest absolute Gasteiger partial charge is 0.491 e. The van der Waals surface area contributed by atoms with Gasteiger partial charge in [-0.2, -0.15) is 0 Å². The van der Waals surface area contributed by atoms with Crippen LogP contribution in [0.1, 0.15) is 11.1 Å². The number of hydrogen-bond acceptors (Lipinski definition) is 7. The van der Waals surface area contributed by atoms with Crippen molar-refractivity contribution in [3.63, 3.8) is 0 Å². The van der Waals surface area contributed by atoms with E-state index in [4.69, 9.17) is 23.7 Å². The number of carbonyl (C=O) groups is 2. The molecule has 0 saturated carbocycles. The lowest BCUT2D eigenvalue weighted by Gasteiger charge is -2.08. The van der Waals surface area contributed by atoms with Gasteiger partial charge in [0, 0.05) is 17.5 Å². The van der Waals surface area contributed by atoms with Crippen molar-refractivity contribution in [3.05, 3.63) is 88.3 Å². The summed E-state index contributed by atoms with van der Waals surface area (Å²) in [5, 5.41) is 1.20. The number of fused-ring (bicyclic) bond motifs is 2. The summed E-state index contributed by atoms with van der Waals surface area (Å²) in [4.78, 5) is 25.3. The lowest BCUT2D eigenvalue weighted by molar-refractivity contribution is -0.128. The normalized spacial score (nSPS) is 14.0. The van der Waals surface area contributed by atoms with E-state index in [1.807, 2.05) is 30.3 Å². The van der Waals surface area contributed by atoms with E-state index in [0.717, 1.165) is 5.56 Å². The van der Waals surface area contributed by atoms with Crippen molar-refractivity contribution in [1.82, 2.24) is 0 Å². The van der Waals surface area contributed by atoms with Gasteiger partial charge in [-0.3, -0.25) is 0 Å². The lowest BCUT2D eigenvalue weighted by atomic mass is 10.0. The van der Waals surface area contributed by atoms with Crippen molar-refractivity contribution in [2.24, 2.45) is 0 Å². The first-order valence-corrected chi connectivity index (χ1v) is 10.9. The third-order valence-corrected chi connectivity index (χ3v) is 5.57. The molecule has 0 radical (unpaired) electrons. The number of ether oxygens (including phenoxy) is 5. The first kappa shape index (κ1) is 21.9. The van der Waals surface area contributed by atoms with Gasteiger partial charge in [0.2, 0.25) is 0 Å². The van der Waals surface area contributed by atoms with Gasteiger partial charge in [0.15, 0.2) is 0 Å². The Morgan fingerprint density at radius 1 is 0.676 bits per heavy atom. The molecule has 2 aliphatic rings. The van der Waals surface area contributed by atoms with E-state index < -0.39 is 11.9 Å². The molecular weight excluding hydrogens is 436 g/mol. The van der Waals surface area contributed by atoms with Crippen molar-refractivity contribution < 1.29 is 33.3 Å². The minimum absolute atomic E-state index is 0.402. The number of rotatable bonds is 9. The van der Waals surface area contributed by atoms with Gasteiger partial charge in [-0.25, -0.2) is 9.59 Å². The molecule has 0 aromatic heterocycles. The van der Waals surface area contributed by atoms with Crippen molar-refractivity contribution in [1.29, 1.82) is 0 Å². The Labute approximate surface area is 195 Å². The highest BCUT2D eigenvalue weighted by Gasteiger charge is 2.30. The molecule has 0 unspecified atom stereocenters. The summed E-state index contributed by atoms with van der Waals surface area (Å²) < 4.78 is 27.0. The molecule has 0 atom stereocenters. The van der Waals surface area contributed by atoms with Crippen molar-refractivity contribution in [3.8, 4) is 17.2 Å². The molecule has 0 N–H and O–H groups in total. The van der Waals surface area contributed by atoms with Gasteiger partial charge in [0.25, 0.3) is 0 Å². The van der Waals surface area contributed by atoms with E-state index in [1.54, 1.807) is 43.5 Å². The Hall–Kier alpha value is -3.94. The summed E-state index contributed by atoms with van der Waals surface area (Å²) in [6.45, 7) is 1.91. The lowest BCUT2D eigenvalue weighted by Crippen LogP contribution is -2.11. The van der Waals surface area contributed by atoms with Crippen molar-refractivity contribution >= 4 is 23.1 Å². The standard InChI is InChI=1S/C27H22O7/c1-30-11-12-31-13-14-32-19-9-7-18(8-10-19)25-21-16-22-20(15-23(21)34-27(25)29)24(26(28)33-22)17-5-3-2-4-6-17/h2-10,15-16H,11-14H2,1H3. The second-order valence-electron chi connectivity index (χ2n) is 7.72. The van der Waals surface area contributed by atoms with Crippen LogP contribution in [-0.4, -0.2) is 45.5 Å². The molecule has 2 heterocycles. The van der Waals surface area contributed by atoms with Gasteiger partial charge in [0.1, 0.15) is 23.9 Å². The molecule has 0 spiro atoms. The third kappa shape index (κ3) is 4.19. The Morgan fingerprint density at radius 2 is 1.24 bits per heavy atom. The fourth-order valence-corrected chi connectivity index (χ4v) is 3.97. The van der Waals surface area contributed by atoms with E-state index in [1.165, 1.54) is 0 Å². The van der Waals surface area contributed by atoms with E-state index in [2.05, 4.69) is 0 Å². The van der Waals surface area contributed by atoms with Gasteiger partial charge in [0.05, 0.1) is 31.0 Å². The second kappa shape index (κ2) is 9.51. The first-order chi connectivity index (χ1) is 16.7. The van der Waals surface area contributed by atoms with E-state index in [0.29, 0.717) is 70.8 Å². The van der Waals surface area contributed by atoms with Crippen LogP contribution in [0.3, 0.4) is 0 Å². The number of hydrogen-bond donors (Lipinski definition) is 0. The predicted molar refractivity (Wildman–Crippen MR) is 123 cm³/mol. The Kier molecular flexibility index (Phi) is 6.12. The molecule has 3 aromatic carbocycles. The van der Waals surface area contributed by atoms with Crippen LogP contribution in [0.25, 0.3) is 11.1 Å². The smallest absolute Gasteiger partial charge is 0.344 e. The zero-order chi connectivity index (χ0) is 23.5. The maximum atomic E-state index is 12.7. The van der Waals surface area contributed by atoms with E-state index >= 15 is 0 Å². The molecule has 34 heavy (non-hydrogen) atoms. The van der Waals surface area contributed by atoms with E-state index in [-0.39, 0.29) is 0 Å². The Bertz CT molecular complexity index is 1360. The average Bonchev–Trinajstić information content (AvgIpc) is 3.34. The monoisotopic (exact) mass is 458 g/mol. The number of esters is 2. The van der Waals surface area contributed by atoms with Crippen LogP contribution >= 0.6 is 0 Å². The van der Waals surface area contributed by atoms with Gasteiger partial charge >= 0.3 is 11.9 Å². The maximum absolute atomic E-state index is 12.7. The second-order valence-corrected chi connectivity index (χ2v) is 7.72. The van der Waals surface area contributed by atoms with Crippen LogP contribution in [0.15, 0.2) is 66.7 Å². The number of methoxy groups -OCH3 is 1. The number of carbonyl (C=O) groups excluding carboxylic acids is 2. The topological polar surface area (TPSA) is 80.3 Å². The van der Waals surface area contributed by atoms with Gasteiger partial charge in [-0.05, 0) is 35.4 Å². The van der Waals surface area contributed by atoms with Crippen molar-refractivity contribution in [2.45, 2.75) is 0 Å². The van der Waals surface area contributed by atoms with Crippen LogP contribution in [0.4, 0.5) is 0 Å². The van der Waals surface area contributed by atoms with Crippen LogP contribution in [0, 0.1) is 0 Å². The highest BCUT2D eigenvalue weighted by molar-refractivity contribution is 6.21. The zero-order valence-electron chi connectivity index (χ0n) is 18.5. The third-order valence-electron chi connectivity index (χ3n) is 5.57. The summed E-state index contributed by atoms with van der Waals surface area (Å²) in [7, 11) is 1.62.